The second kappa shape index (κ2) is 8.27. The summed E-state index contributed by atoms with van der Waals surface area (Å²) in [5, 5.41) is 0. The second-order valence-corrected chi connectivity index (χ2v) is 5.00. The van der Waals surface area contributed by atoms with Crippen LogP contribution in [0.5, 0.6) is 0 Å². The summed E-state index contributed by atoms with van der Waals surface area (Å²) in [5.74, 6) is 0.0231. The molecule has 0 aromatic heterocycles. The number of hydrogen-bond donors (Lipinski definition) is 0. The summed E-state index contributed by atoms with van der Waals surface area (Å²) in [4.78, 5) is 0. The molecule has 1 aromatic carbocycles. The van der Waals surface area contributed by atoms with Crippen molar-refractivity contribution < 1.29 is 9.47 Å². The quantitative estimate of drug-likeness (QED) is 0.534. The number of hydrogen-bond acceptors (Lipinski definition) is 2. The van der Waals surface area contributed by atoms with E-state index in [2.05, 4.69) is 23.9 Å². The van der Waals surface area contributed by atoms with Crippen molar-refractivity contribution in [3.05, 3.63) is 41.6 Å². The molecule has 1 aromatic rings. The van der Waals surface area contributed by atoms with E-state index >= 15 is 0 Å². The van der Waals surface area contributed by atoms with Gasteiger partial charge in [-0.05, 0) is 19.4 Å². The summed E-state index contributed by atoms with van der Waals surface area (Å²) < 4.78 is 11.0. The Morgan fingerprint density at radius 1 is 1.12 bits per heavy atom. The van der Waals surface area contributed by atoms with Gasteiger partial charge in [0.05, 0.1) is 0 Å². The molecule has 0 aliphatic rings. The second-order valence-electron chi connectivity index (χ2n) is 3.39. The fourth-order valence-electron chi connectivity index (χ4n) is 1.44. The molecule has 0 bridgehead atoms. The largest absolute Gasteiger partial charge is 0.357 e. The van der Waals surface area contributed by atoms with Crippen LogP contribution >= 0.6 is 0 Å². The van der Waals surface area contributed by atoms with E-state index in [1.807, 2.05) is 32.0 Å². The van der Waals surface area contributed by atoms with E-state index in [1.165, 1.54) is 5.56 Å². The maximum Gasteiger partial charge on any atom is 0.139 e. The standard InChI is InChI=1S/C13H20O2Si/c1-3-14-13(15-4-2)16-11-10-12-8-6-5-7-9-12/h5-11,13H,3-4,16H2,1-2H3. The molecule has 0 atom stereocenters. The van der Waals surface area contributed by atoms with Gasteiger partial charge in [0.25, 0.3) is 0 Å². The van der Waals surface area contributed by atoms with E-state index in [0.717, 1.165) is 13.2 Å². The van der Waals surface area contributed by atoms with E-state index in [9.17, 15) is 0 Å². The Hall–Kier alpha value is -0.903. The number of ether oxygens (including phenoxy) is 2. The van der Waals surface area contributed by atoms with Crippen LogP contribution in [0.1, 0.15) is 19.4 Å². The molecular weight excluding hydrogens is 216 g/mol. The summed E-state index contributed by atoms with van der Waals surface area (Å²) in [7, 11) is -0.466. The van der Waals surface area contributed by atoms with Crippen molar-refractivity contribution in [3.8, 4) is 0 Å². The van der Waals surface area contributed by atoms with Crippen molar-refractivity contribution in [3.63, 3.8) is 0 Å². The molecule has 0 N–H and O–H groups in total. The SMILES string of the molecule is CCOC(OCC)[SiH2]C=Cc1ccccc1. The van der Waals surface area contributed by atoms with Crippen LogP contribution in [0.25, 0.3) is 6.08 Å². The summed E-state index contributed by atoms with van der Waals surface area (Å²) in [6.07, 6.45) is 2.15. The zero-order chi connectivity index (χ0) is 11.6. The van der Waals surface area contributed by atoms with Gasteiger partial charge in [-0.25, -0.2) is 0 Å². The Balaban J connectivity index is 2.39. The van der Waals surface area contributed by atoms with Gasteiger partial charge in [0.2, 0.25) is 0 Å². The van der Waals surface area contributed by atoms with Crippen LogP contribution in [-0.4, -0.2) is 28.6 Å². The van der Waals surface area contributed by atoms with Crippen molar-refractivity contribution in [2.24, 2.45) is 0 Å². The smallest absolute Gasteiger partial charge is 0.139 e. The topological polar surface area (TPSA) is 18.5 Å². The molecule has 0 saturated heterocycles. The summed E-state index contributed by atoms with van der Waals surface area (Å²) in [6, 6.07) is 10.3. The third-order valence-corrected chi connectivity index (χ3v) is 3.51. The predicted molar refractivity (Wildman–Crippen MR) is 71.1 cm³/mol. The minimum absolute atomic E-state index is 0.0231. The van der Waals surface area contributed by atoms with Crippen molar-refractivity contribution in [1.29, 1.82) is 0 Å². The van der Waals surface area contributed by atoms with E-state index in [4.69, 9.17) is 9.47 Å². The van der Waals surface area contributed by atoms with Crippen LogP contribution in [-0.2, 0) is 9.47 Å². The van der Waals surface area contributed by atoms with Gasteiger partial charge in [0.1, 0.15) is 15.4 Å². The summed E-state index contributed by atoms with van der Waals surface area (Å²) in [5.41, 5.74) is 3.47. The lowest BCUT2D eigenvalue weighted by molar-refractivity contribution is -0.0818. The van der Waals surface area contributed by atoms with Crippen molar-refractivity contribution in [2.45, 2.75) is 19.8 Å². The van der Waals surface area contributed by atoms with E-state index in [0.29, 0.717) is 0 Å². The molecule has 0 amide bonds. The minimum atomic E-state index is -0.466. The molecule has 0 spiro atoms. The van der Waals surface area contributed by atoms with Gasteiger partial charge in [0, 0.05) is 13.2 Å². The van der Waals surface area contributed by atoms with E-state index in [-0.39, 0.29) is 5.91 Å². The first-order chi connectivity index (χ1) is 7.86. The van der Waals surface area contributed by atoms with E-state index < -0.39 is 9.52 Å². The highest BCUT2D eigenvalue weighted by Gasteiger charge is 2.04. The van der Waals surface area contributed by atoms with Crippen LogP contribution in [0.15, 0.2) is 36.0 Å². The molecule has 1 rings (SSSR count). The first kappa shape index (κ1) is 13.2. The highest BCUT2D eigenvalue weighted by atomic mass is 28.2. The zero-order valence-corrected chi connectivity index (χ0v) is 11.5. The number of benzene rings is 1. The fourth-order valence-corrected chi connectivity index (χ4v) is 2.81. The minimum Gasteiger partial charge on any atom is -0.357 e. The molecular formula is C13H20O2Si. The number of rotatable bonds is 7. The van der Waals surface area contributed by atoms with Crippen LogP contribution in [0.3, 0.4) is 0 Å². The van der Waals surface area contributed by atoms with Crippen molar-refractivity contribution in [2.75, 3.05) is 13.2 Å². The van der Waals surface area contributed by atoms with Gasteiger partial charge >= 0.3 is 0 Å². The van der Waals surface area contributed by atoms with Crippen LogP contribution in [0.2, 0.25) is 0 Å². The maximum absolute atomic E-state index is 5.51. The Kier molecular flexibility index (Phi) is 6.81. The van der Waals surface area contributed by atoms with Gasteiger partial charge in [-0.1, -0.05) is 42.1 Å². The maximum atomic E-state index is 5.51. The molecule has 0 heterocycles. The third-order valence-electron chi connectivity index (χ3n) is 2.14. The third kappa shape index (κ3) is 5.26. The van der Waals surface area contributed by atoms with Crippen molar-refractivity contribution in [1.82, 2.24) is 0 Å². The molecule has 3 heteroatoms. The highest BCUT2D eigenvalue weighted by Crippen LogP contribution is 2.01. The summed E-state index contributed by atoms with van der Waals surface area (Å²) in [6.45, 7) is 5.44. The lowest BCUT2D eigenvalue weighted by Crippen LogP contribution is -2.23. The van der Waals surface area contributed by atoms with Crippen LogP contribution in [0, 0.1) is 0 Å². The van der Waals surface area contributed by atoms with Crippen molar-refractivity contribution >= 4 is 15.6 Å². The normalized spacial score (nSPS) is 12.2. The molecule has 88 valence electrons. The van der Waals surface area contributed by atoms with Gasteiger partial charge in [-0.15, -0.1) is 0 Å². The molecule has 0 fully saturated rings. The molecule has 0 aliphatic heterocycles. The molecule has 16 heavy (non-hydrogen) atoms. The molecule has 0 saturated carbocycles. The molecule has 2 nitrogen and oxygen atoms in total. The Labute approximate surface area is 100 Å². The molecule has 0 unspecified atom stereocenters. The van der Waals surface area contributed by atoms with E-state index in [1.54, 1.807) is 0 Å². The monoisotopic (exact) mass is 236 g/mol. The first-order valence-electron chi connectivity index (χ1n) is 5.81. The zero-order valence-electron chi connectivity index (χ0n) is 10.1. The van der Waals surface area contributed by atoms with Gasteiger partial charge in [-0.3, -0.25) is 0 Å². The lowest BCUT2D eigenvalue weighted by Gasteiger charge is -2.14. The van der Waals surface area contributed by atoms with Crippen LogP contribution < -0.4 is 0 Å². The highest BCUT2D eigenvalue weighted by molar-refractivity contribution is 6.44. The molecule has 0 radical (unpaired) electrons. The summed E-state index contributed by atoms with van der Waals surface area (Å²) >= 11 is 0. The first-order valence-corrected chi connectivity index (χ1v) is 7.45. The Morgan fingerprint density at radius 2 is 1.75 bits per heavy atom. The van der Waals surface area contributed by atoms with Crippen LogP contribution in [0.4, 0.5) is 0 Å². The molecule has 0 aliphatic carbocycles. The van der Waals surface area contributed by atoms with Gasteiger partial charge in [0.15, 0.2) is 0 Å². The Morgan fingerprint density at radius 3 is 2.31 bits per heavy atom. The fraction of sp³-hybridized carbons (Fsp3) is 0.385. The average molecular weight is 236 g/mol. The predicted octanol–water partition coefficient (Wildman–Crippen LogP) is 2.18. The average Bonchev–Trinajstić information content (AvgIpc) is 2.31. The lowest BCUT2D eigenvalue weighted by atomic mass is 10.2. The van der Waals surface area contributed by atoms with Gasteiger partial charge < -0.3 is 9.47 Å². The Bertz CT molecular complexity index is 292. The van der Waals surface area contributed by atoms with Gasteiger partial charge in [-0.2, -0.15) is 0 Å².